The van der Waals surface area contributed by atoms with E-state index in [1.165, 1.54) is 0 Å². The molecule has 0 saturated heterocycles. The van der Waals surface area contributed by atoms with Gasteiger partial charge in [0, 0.05) is 36.7 Å². The average Bonchev–Trinajstić information content (AvgIpc) is 3.44. The Morgan fingerprint density at radius 2 is 1.82 bits per heavy atom. The molecule has 170 valence electrons. The first-order valence-electron chi connectivity index (χ1n) is 11.0. The topological polar surface area (TPSA) is 108 Å². The third-order valence-electron chi connectivity index (χ3n) is 5.95. The molecule has 1 atom stereocenters. The number of allylic oxidation sites excluding steroid dienone is 1. The molecule has 0 amide bonds. The molecular formula is C26H25N7O. The molecular weight excluding hydrogens is 426 g/mol. The van der Waals surface area contributed by atoms with E-state index in [0.717, 1.165) is 34.0 Å². The van der Waals surface area contributed by atoms with Crippen molar-refractivity contribution in [2.45, 2.75) is 32.1 Å². The Bertz CT molecular complexity index is 1430. The lowest BCUT2D eigenvalue weighted by Crippen LogP contribution is -2.24. The number of fused-ring (bicyclic) bond motifs is 1. The van der Waals surface area contributed by atoms with E-state index in [-0.39, 0.29) is 17.2 Å². The van der Waals surface area contributed by atoms with Gasteiger partial charge in [0.05, 0.1) is 17.2 Å². The van der Waals surface area contributed by atoms with Crippen LogP contribution in [0.3, 0.4) is 0 Å². The second kappa shape index (κ2) is 7.89. The smallest absolute Gasteiger partial charge is 0.224 e. The van der Waals surface area contributed by atoms with Crippen molar-refractivity contribution in [3.63, 3.8) is 0 Å². The van der Waals surface area contributed by atoms with Crippen LogP contribution in [0, 0.1) is 11.3 Å². The third kappa shape index (κ3) is 3.42. The minimum absolute atomic E-state index is 0.111. The number of benzene rings is 1. The molecule has 34 heavy (non-hydrogen) atoms. The first-order valence-corrected chi connectivity index (χ1v) is 11.0. The summed E-state index contributed by atoms with van der Waals surface area (Å²) in [6.07, 6.45) is 5.41. The highest BCUT2D eigenvalue weighted by Gasteiger charge is 2.39. The lowest BCUT2D eigenvalue weighted by molar-refractivity contribution is 0.358. The Morgan fingerprint density at radius 1 is 1.06 bits per heavy atom. The van der Waals surface area contributed by atoms with Gasteiger partial charge in [-0.05, 0) is 29.8 Å². The maximum absolute atomic E-state index is 9.97. The molecule has 1 aliphatic rings. The van der Waals surface area contributed by atoms with E-state index < -0.39 is 0 Å². The summed E-state index contributed by atoms with van der Waals surface area (Å²) in [4.78, 5) is 8.91. The molecule has 0 radical (unpaired) electrons. The fraction of sp³-hybridized carbons (Fsp3) is 0.231. The van der Waals surface area contributed by atoms with Crippen molar-refractivity contribution in [1.29, 1.82) is 5.26 Å². The molecule has 0 bridgehead atoms. The lowest BCUT2D eigenvalue weighted by atomic mass is 9.79. The largest absolute Gasteiger partial charge is 0.422 e. The highest BCUT2D eigenvalue weighted by molar-refractivity contribution is 5.58. The number of hydrogen-bond acceptors (Lipinski definition) is 6. The van der Waals surface area contributed by atoms with Crippen LogP contribution in [0.15, 0.2) is 72.5 Å². The molecule has 1 unspecified atom stereocenters. The maximum Gasteiger partial charge on any atom is 0.224 e. The molecule has 5 rings (SSSR count). The van der Waals surface area contributed by atoms with Gasteiger partial charge in [-0.2, -0.15) is 10.4 Å². The van der Waals surface area contributed by atoms with Gasteiger partial charge < -0.3 is 10.5 Å². The fourth-order valence-electron chi connectivity index (χ4n) is 4.38. The van der Waals surface area contributed by atoms with Crippen LogP contribution in [-0.2, 0) is 12.5 Å². The van der Waals surface area contributed by atoms with E-state index in [0.29, 0.717) is 11.5 Å². The number of nitrogens with zero attached hydrogens (tertiary/aromatic N) is 6. The van der Waals surface area contributed by atoms with Gasteiger partial charge in [0.15, 0.2) is 5.82 Å². The number of nitriles is 1. The van der Waals surface area contributed by atoms with Crippen LogP contribution in [0.5, 0.6) is 5.88 Å². The van der Waals surface area contributed by atoms with Gasteiger partial charge >= 0.3 is 0 Å². The summed E-state index contributed by atoms with van der Waals surface area (Å²) < 4.78 is 9.54. The molecule has 0 fully saturated rings. The molecule has 2 N–H and O–H groups in total. The first-order chi connectivity index (χ1) is 16.3. The SMILES string of the molecule is Cn1nc(C(C)(C)C)c2c1OC(N)=C(C#N)C2c1ccc(-n2ccnc2-c2ccccn2)cc1. The number of hydrogen-bond donors (Lipinski definition) is 1. The number of rotatable bonds is 3. The van der Waals surface area contributed by atoms with Crippen LogP contribution in [0.4, 0.5) is 0 Å². The summed E-state index contributed by atoms with van der Waals surface area (Å²) in [6.45, 7) is 6.30. The van der Waals surface area contributed by atoms with E-state index in [2.05, 4.69) is 36.8 Å². The molecule has 4 heterocycles. The Kier molecular flexibility index (Phi) is 4.98. The van der Waals surface area contributed by atoms with Crippen LogP contribution >= 0.6 is 0 Å². The van der Waals surface area contributed by atoms with E-state index in [9.17, 15) is 5.26 Å². The number of nitrogens with two attached hydrogens (primary N) is 1. The molecule has 1 aromatic carbocycles. The number of aromatic nitrogens is 5. The van der Waals surface area contributed by atoms with Crippen molar-refractivity contribution in [1.82, 2.24) is 24.3 Å². The minimum atomic E-state index is -0.372. The lowest BCUT2D eigenvalue weighted by Gasteiger charge is -2.27. The number of pyridine rings is 1. The molecule has 0 saturated carbocycles. The highest BCUT2D eigenvalue weighted by Crippen LogP contribution is 2.46. The molecule has 0 spiro atoms. The molecule has 4 aromatic rings. The van der Waals surface area contributed by atoms with E-state index in [1.807, 2.05) is 60.3 Å². The molecule has 0 aliphatic carbocycles. The normalized spacial score (nSPS) is 15.6. The van der Waals surface area contributed by atoms with Crippen molar-refractivity contribution in [3.05, 3.63) is 89.3 Å². The average molecular weight is 452 g/mol. The summed E-state index contributed by atoms with van der Waals surface area (Å²) >= 11 is 0. The second-order valence-corrected chi connectivity index (χ2v) is 9.29. The van der Waals surface area contributed by atoms with E-state index >= 15 is 0 Å². The minimum Gasteiger partial charge on any atom is -0.422 e. The molecule has 8 heteroatoms. The van der Waals surface area contributed by atoms with Crippen LogP contribution in [-0.4, -0.2) is 24.3 Å². The summed E-state index contributed by atoms with van der Waals surface area (Å²) in [7, 11) is 1.83. The van der Waals surface area contributed by atoms with Gasteiger partial charge in [-0.15, -0.1) is 0 Å². The van der Waals surface area contributed by atoms with Crippen LogP contribution in [0.2, 0.25) is 0 Å². The maximum atomic E-state index is 9.97. The summed E-state index contributed by atoms with van der Waals surface area (Å²) in [6, 6.07) is 16.1. The number of imidazole rings is 1. The summed E-state index contributed by atoms with van der Waals surface area (Å²) in [5.74, 6) is 1.07. The predicted molar refractivity (Wildman–Crippen MR) is 128 cm³/mol. The van der Waals surface area contributed by atoms with Crippen molar-refractivity contribution in [2.24, 2.45) is 12.8 Å². The Hall–Kier alpha value is -4.38. The van der Waals surface area contributed by atoms with E-state index in [1.54, 1.807) is 17.1 Å². The van der Waals surface area contributed by atoms with Crippen LogP contribution < -0.4 is 10.5 Å². The van der Waals surface area contributed by atoms with Gasteiger partial charge in [-0.25, -0.2) is 9.67 Å². The molecule has 8 nitrogen and oxygen atoms in total. The van der Waals surface area contributed by atoms with Gasteiger partial charge in [0.25, 0.3) is 0 Å². The first kappa shape index (κ1) is 21.5. The predicted octanol–water partition coefficient (Wildman–Crippen LogP) is 4.18. The number of aryl methyl sites for hydroxylation is 1. The Morgan fingerprint density at radius 3 is 2.47 bits per heavy atom. The number of ether oxygens (including phenoxy) is 1. The summed E-state index contributed by atoms with van der Waals surface area (Å²) in [5.41, 5.74) is 10.8. The quantitative estimate of drug-likeness (QED) is 0.501. The zero-order chi connectivity index (χ0) is 24.0. The van der Waals surface area contributed by atoms with Crippen molar-refractivity contribution in [2.75, 3.05) is 0 Å². The molecule has 1 aliphatic heterocycles. The second-order valence-electron chi connectivity index (χ2n) is 9.29. The monoisotopic (exact) mass is 451 g/mol. The van der Waals surface area contributed by atoms with Gasteiger partial charge in [-0.3, -0.25) is 9.55 Å². The van der Waals surface area contributed by atoms with Crippen LogP contribution in [0.25, 0.3) is 17.2 Å². The third-order valence-corrected chi connectivity index (χ3v) is 5.95. The van der Waals surface area contributed by atoms with Gasteiger partial charge in [0.1, 0.15) is 17.3 Å². The highest BCUT2D eigenvalue weighted by atomic mass is 16.5. The van der Waals surface area contributed by atoms with Gasteiger partial charge in [-0.1, -0.05) is 39.0 Å². The van der Waals surface area contributed by atoms with Crippen molar-refractivity contribution in [3.8, 4) is 29.2 Å². The Balaban J connectivity index is 1.61. The molecule has 3 aromatic heterocycles. The van der Waals surface area contributed by atoms with Gasteiger partial charge in [0.2, 0.25) is 11.8 Å². The van der Waals surface area contributed by atoms with Crippen molar-refractivity contribution < 1.29 is 4.74 Å². The summed E-state index contributed by atoms with van der Waals surface area (Å²) in [5, 5.41) is 14.7. The zero-order valence-electron chi connectivity index (χ0n) is 19.5. The fourth-order valence-corrected chi connectivity index (χ4v) is 4.38. The van der Waals surface area contributed by atoms with Crippen molar-refractivity contribution >= 4 is 0 Å². The Labute approximate surface area is 198 Å². The van der Waals surface area contributed by atoms with Crippen LogP contribution in [0.1, 0.15) is 43.5 Å². The zero-order valence-corrected chi connectivity index (χ0v) is 19.5. The standard InChI is InChI=1S/C26H25N7O/c1-26(2,3)22-21-20(18(15-27)23(28)34-25(21)32(4)31-22)16-8-10-17(11-9-16)33-14-13-30-24(33)19-7-5-6-12-29-19/h5-14,20H,28H2,1-4H3. The van der Waals surface area contributed by atoms with E-state index in [4.69, 9.17) is 15.6 Å².